The minimum absolute atomic E-state index is 0.0472. The van der Waals surface area contributed by atoms with Gasteiger partial charge in [-0.3, -0.25) is 0 Å². The number of carbonyl (C=O) groups excluding carboxylic acids is 1. The number of aromatic carboxylic acids is 1. The van der Waals surface area contributed by atoms with Crippen LogP contribution in [0, 0.1) is 0 Å². The number of hydrogen-bond donors (Lipinski definition) is 4. The first-order chi connectivity index (χ1) is 9.43. The lowest BCUT2D eigenvalue weighted by Gasteiger charge is -2.14. The standard InChI is InChI=1S/C14H20N2O4/c1-3-4-5-9(2)15-14(20)16-10-6-7-12(17)11(8-10)13(18)19/h6-9,17H,3-5H2,1-2H3,(H,18,19)(H2,15,16,20). The highest BCUT2D eigenvalue weighted by Gasteiger charge is 2.12. The van der Waals surface area contributed by atoms with Gasteiger partial charge in [-0.2, -0.15) is 0 Å². The molecule has 0 aliphatic heterocycles. The number of carbonyl (C=O) groups is 2. The first-order valence-electron chi connectivity index (χ1n) is 6.57. The number of urea groups is 1. The molecule has 6 nitrogen and oxygen atoms in total. The van der Waals surface area contributed by atoms with Gasteiger partial charge in [0.1, 0.15) is 11.3 Å². The molecule has 2 amide bonds. The number of phenols is 1. The monoisotopic (exact) mass is 280 g/mol. The van der Waals surface area contributed by atoms with Crippen molar-refractivity contribution >= 4 is 17.7 Å². The molecule has 6 heteroatoms. The third-order valence-corrected chi connectivity index (χ3v) is 2.85. The maximum atomic E-state index is 11.7. The molecule has 0 fully saturated rings. The van der Waals surface area contributed by atoms with Crippen molar-refractivity contribution < 1.29 is 19.8 Å². The van der Waals surface area contributed by atoms with Gasteiger partial charge in [0.05, 0.1) is 0 Å². The number of hydrogen-bond acceptors (Lipinski definition) is 3. The van der Waals surface area contributed by atoms with Crippen molar-refractivity contribution in [2.45, 2.75) is 39.2 Å². The zero-order chi connectivity index (χ0) is 15.1. The molecule has 0 radical (unpaired) electrons. The third kappa shape index (κ3) is 4.79. The SMILES string of the molecule is CCCCC(C)NC(=O)Nc1ccc(O)c(C(=O)O)c1. The number of amides is 2. The van der Waals surface area contributed by atoms with Crippen LogP contribution in [0.15, 0.2) is 18.2 Å². The molecule has 0 spiro atoms. The summed E-state index contributed by atoms with van der Waals surface area (Å²) in [6, 6.07) is 3.55. The fourth-order valence-electron chi connectivity index (χ4n) is 1.76. The summed E-state index contributed by atoms with van der Waals surface area (Å²) in [5.41, 5.74) is 0.0715. The number of anilines is 1. The molecule has 1 aromatic rings. The average Bonchev–Trinajstić information content (AvgIpc) is 2.38. The highest BCUT2D eigenvalue weighted by molar-refractivity contribution is 5.95. The average molecular weight is 280 g/mol. The molecule has 1 atom stereocenters. The van der Waals surface area contributed by atoms with Crippen LogP contribution in [-0.2, 0) is 0 Å². The summed E-state index contributed by atoms with van der Waals surface area (Å²) in [5.74, 6) is -1.58. The molecule has 0 aromatic heterocycles. The Morgan fingerprint density at radius 3 is 2.65 bits per heavy atom. The lowest BCUT2D eigenvalue weighted by Crippen LogP contribution is -2.36. The topological polar surface area (TPSA) is 98.7 Å². The van der Waals surface area contributed by atoms with Gasteiger partial charge in [0.2, 0.25) is 0 Å². The predicted octanol–water partition coefficient (Wildman–Crippen LogP) is 2.79. The molecule has 0 saturated carbocycles. The van der Waals surface area contributed by atoms with Crippen molar-refractivity contribution in [2.75, 3.05) is 5.32 Å². The molecule has 0 saturated heterocycles. The summed E-state index contributed by atoms with van der Waals surface area (Å²) in [7, 11) is 0. The number of rotatable bonds is 6. The molecular formula is C14H20N2O4. The van der Waals surface area contributed by atoms with E-state index in [0.29, 0.717) is 5.69 Å². The summed E-state index contributed by atoms with van der Waals surface area (Å²) in [5, 5.41) is 23.6. The van der Waals surface area contributed by atoms with Crippen LogP contribution in [0.1, 0.15) is 43.5 Å². The van der Waals surface area contributed by atoms with E-state index in [0.717, 1.165) is 19.3 Å². The van der Waals surface area contributed by atoms with Crippen molar-refractivity contribution in [3.63, 3.8) is 0 Å². The number of carboxylic acids is 1. The maximum absolute atomic E-state index is 11.7. The van der Waals surface area contributed by atoms with E-state index < -0.39 is 12.0 Å². The fraction of sp³-hybridized carbons (Fsp3) is 0.429. The van der Waals surface area contributed by atoms with Gasteiger partial charge in [-0.15, -0.1) is 0 Å². The summed E-state index contributed by atoms with van der Waals surface area (Å²) in [6.07, 6.45) is 2.98. The summed E-state index contributed by atoms with van der Waals surface area (Å²) >= 11 is 0. The van der Waals surface area contributed by atoms with Gasteiger partial charge in [-0.05, 0) is 31.5 Å². The van der Waals surface area contributed by atoms with Crippen LogP contribution in [-0.4, -0.2) is 28.3 Å². The molecule has 4 N–H and O–H groups in total. The van der Waals surface area contributed by atoms with E-state index in [4.69, 9.17) is 5.11 Å². The number of benzene rings is 1. The quantitative estimate of drug-likeness (QED) is 0.602. The Morgan fingerprint density at radius 1 is 1.35 bits per heavy atom. The van der Waals surface area contributed by atoms with E-state index in [9.17, 15) is 14.7 Å². The Hall–Kier alpha value is -2.24. The molecule has 110 valence electrons. The first-order valence-corrected chi connectivity index (χ1v) is 6.57. The molecule has 1 aromatic carbocycles. The van der Waals surface area contributed by atoms with Gasteiger partial charge in [0, 0.05) is 11.7 Å². The lowest BCUT2D eigenvalue weighted by molar-refractivity contribution is 0.0693. The lowest BCUT2D eigenvalue weighted by atomic mass is 10.1. The highest BCUT2D eigenvalue weighted by Crippen LogP contribution is 2.21. The van der Waals surface area contributed by atoms with Crippen molar-refractivity contribution in [1.29, 1.82) is 0 Å². The molecule has 0 bridgehead atoms. The van der Waals surface area contributed by atoms with Crippen LogP contribution in [0.2, 0.25) is 0 Å². The number of carboxylic acid groups (broad SMARTS) is 1. The number of nitrogens with one attached hydrogen (secondary N) is 2. The summed E-state index contributed by atoms with van der Waals surface area (Å²) < 4.78 is 0. The molecular weight excluding hydrogens is 260 g/mol. The largest absolute Gasteiger partial charge is 0.507 e. The van der Waals surface area contributed by atoms with Gasteiger partial charge in [-0.1, -0.05) is 19.8 Å². The van der Waals surface area contributed by atoms with Crippen molar-refractivity contribution in [1.82, 2.24) is 5.32 Å². The third-order valence-electron chi connectivity index (χ3n) is 2.85. The van der Waals surface area contributed by atoms with Crippen LogP contribution in [0.4, 0.5) is 10.5 Å². The minimum atomic E-state index is -1.25. The maximum Gasteiger partial charge on any atom is 0.339 e. The van der Waals surface area contributed by atoms with Crippen LogP contribution < -0.4 is 10.6 Å². The second-order valence-electron chi connectivity index (χ2n) is 4.68. The van der Waals surface area contributed by atoms with E-state index in [-0.39, 0.29) is 17.4 Å². The van der Waals surface area contributed by atoms with E-state index in [1.165, 1.54) is 18.2 Å². The molecule has 0 heterocycles. The smallest absolute Gasteiger partial charge is 0.339 e. The predicted molar refractivity (Wildman–Crippen MR) is 76.2 cm³/mol. The first kappa shape index (κ1) is 15.8. The van der Waals surface area contributed by atoms with Crippen LogP contribution in [0.5, 0.6) is 5.75 Å². The van der Waals surface area contributed by atoms with Gasteiger partial charge >= 0.3 is 12.0 Å². The van der Waals surface area contributed by atoms with E-state index in [1.807, 2.05) is 6.92 Å². The minimum Gasteiger partial charge on any atom is -0.507 e. The Kier molecular flexibility index (Phi) is 5.83. The zero-order valence-electron chi connectivity index (χ0n) is 11.6. The summed E-state index contributed by atoms with van der Waals surface area (Å²) in [4.78, 5) is 22.6. The van der Waals surface area contributed by atoms with Crippen LogP contribution >= 0.6 is 0 Å². The normalized spacial score (nSPS) is 11.7. The van der Waals surface area contributed by atoms with E-state index in [2.05, 4.69) is 17.6 Å². The molecule has 0 aliphatic carbocycles. The second kappa shape index (κ2) is 7.37. The second-order valence-corrected chi connectivity index (χ2v) is 4.68. The Morgan fingerprint density at radius 2 is 2.05 bits per heavy atom. The fourth-order valence-corrected chi connectivity index (χ4v) is 1.76. The summed E-state index contributed by atoms with van der Waals surface area (Å²) in [6.45, 7) is 3.99. The molecule has 1 unspecified atom stereocenters. The van der Waals surface area contributed by atoms with Gasteiger partial charge in [0.25, 0.3) is 0 Å². The van der Waals surface area contributed by atoms with Crippen molar-refractivity contribution in [3.8, 4) is 5.75 Å². The Bertz CT molecular complexity index is 488. The van der Waals surface area contributed by atoms with Crippen LogP contribution in [0.3, 0.4) is 0 Å². The Balaban J connectivity index is 2.62. The molecule has 1 rings (SSSR count). The van der Waals surface area contributed by atoms with Crippen LogP contribution in [0.25, 0.3) is 0 Å². The molecule has 20 heavy (non-hydrogen) atoms. The zero-order valence-corrected chi connectivity index (χ0v) is 11.6. The number of aromatic hydroxyl groups is 1. The molecule has 0 aliphatic rings. The highest BCUT2D eigenvalue weighted by atomic mass is 16.4. The van der Waals surface area contributed by atoms with Crippen molar-refractivity contribution in [2.24, 2.45) is 0 Å². The number of unbranched alkanes of at least 4 members (excludes halogenated alkanes) is 1. The van der Waals surface area contributed by atoms with Gasteiger partial charge in [-0.25, -0.2) is 9.59 Å². The van der Waals surface area contributed by atoms with E-state index in [1.54, 1.807) is 0 Å². The van der Waals surface area contributed by atoms with Gasteiger partial charge in [0.15, 0.2) is 0 Å². The van der Waals surface area contributed by atoms with E-state index >= 15 is 0 Å². The van der Waals surface area contributed by atoms with Gasteiger partial charge < -0.3 is 20.8 Å². The Labute approximate surface area is 117 Å². The van der Waals surface area contributed by atoms with Crippen molar-refractivity contribution in [3.05, 3.63) is 23.8 Å².